The second-order valence-electron chi connectivity index (χ2n) is 7.25. The summed E-state index contributed by atoms with van der Waals surface area (Å²) >= 11 is 0. The van der Waals surface area contributed by atoms with Crippen molar-refractivity contribution in [2.24, 2.45) is 0 Å². The molecule has 1 aliphatic heterocycles. The summed E-state index contributed by atoms with van der Waals surface area (Å²) in [6.45, 7) is 4.25. The van der Waals surface area contributed by atoms with Crippen LogP contribution in [-0.2, 0) is 23.3 Å². The number of amides is 1. The minimum Gasteiger partial charge on any atom is -0.461 e. The summed E-state index contributed by atoms with van der Waals surface area (Å²) in [5.41, 5.74) is 1.37. The maximum atomic E-state index is 13.6. The number of piperidine rings is 1. The number of benzene rings is 1. The third-order valence-corrected chi connectivity index (χ3v) is 5.62. The quantitative estimate of drug-likeness (QED) is 0.710. The van der Waals surface area contributed by atoms with Crippen LogP contribution in [0.3, 0.4) is 0 Å². The van der Waals surface area contributed by atoms with E-state index in [1.54, 1.807) is 6.20 Å². The number of hydrogen-bond donors (Lipinski definition) is 1. The topological polar surface area (TPSA) is 63.3 Å². The highest BCUT2D eigenvalue weighted by molar-refractivity contribution is 5.86. The zero-order valence-corrected chi connectivity index (χ0v) is 17.2. The number of aromatic nitrogens is 2. The molecule has 0 aliphatic carbocycles. The lowest BCUT2D eigenvalue weighted by Crippen LogP contribution is -2.54. The largest absolute Gasteiger partial charge is 0.461 e. The van der Waals surface area contributed by atoms with Gasteiger partial charge in [0.1, 0.15) is 16.9 Å². The molecule has 28 heavy (non-hydrogen) atoms. The van der Waals surface area contributed by atoms with Crippen molar-refractivity contribution < 1.29 is 9.21 Å². The van der Waals surface area contributed by atoms with Crippen LogP contribution >= 0.6 is 12.4 Å². The molecule has 0 unspecified atom stereocenters. The molecule has 0 atom stereocenters. The van der Waals surface area contributed by atoms with Crippen LogP contribution in [0.4, 0.5) is 0 Å². The van der Waals surface area contributed by atoms with Crippen molar-refractivity contribution in [1.29, 1.82) is 0 Å². The Hall–Kier alpha value is -2.31. The van der Waals surface area contributed by atoms with Crippen LogP contribution in [0.25, 0.3) is 11.0 Å². The molecule has 0 radical (unpaired) electrons. The van der Waals surface area contributed by atoms with Gasteiger partial charge in [-0.15, -0.1) is 12.4 Å². The number of fused-ring (bicyclic) bond motifs is 1. The average molecular weight is 403 g/mol. The normalized spacial score (nSPS) is 15.9. The number of hydrogen-bond acceptors (Lipinski definition) is 4. The predicted octanol–water partition coefficient (Wildman–Crippen LogP) is 3.35. The van der Waals surface area contributed by atoms with Gasteiger partial charge in [-0.1, -0.05) is 25.1 Å². The van der Waals surface area contributed by atoms with Gasteiger partial charge >= 0.3 is 0 Å². The van der Waals surface area contributed by atoms with Gasteiger partial charge in [-0.3, -0.25) is 9.48 Å². The molecule has 3 heterocycles. The van der Waals surface area contributed by atoms with E-state index in [1.807, 2.05) is 47.1 Å². The van der Waals surface area contributed by atoms with Gasteiger partial charge in [0.25, 0.3) is 5.91 Å². The van der Waals surface area contributed by atoms with Gasteiger partial charge < -0.3 is 14.6 Å². The Morgan fingerprint density at radius 1 is 1.29 bits per heavy atom. The molecule has 0 spiro atoms. The number of carbonyl (C=O) groups is 1. The zero-order chi connectivity index (χ0) is 18.9. The van der Waals surface area contributed by atoms with E-state index in [1.165, 1.54) is 0 Å². The van der Waals surface area contributed by atoms with Gasteiger partial charge in [-0.25, -0.2) is 0 Å². The van der Waals surface area contributed by atoms with E-state index in [4.69, 9.17) is 4.42 Å². The number of halogens is 1. The number of aryl methyl sites for hydroxylation is 1. The van der Waals surface area contributed by atoms with Crippen molar-refractivity contribution in [3.8, 4) is 0 Å². The molecule has 2 aromatic heterocycles. The molecule has 6 nitrogen and oxygen atoms in total. The Bertz CT molecular complexity index is 929. The number of likely N-dealkylation sites (N-methyl/N-ethyl adjacent to an activating group) is 1. The fourth-order valence-electron chi connectivity index (χ4n) is 4.18. The first kappa shape index (κ1) is 20.4. The van der Waals surface area contributed by atoms with E-state index < -0.39 is 5.54 Å². The third-order valence-electron chi connectivity index (χ3n) is 5.62. The van der Waals surface area contributed by atoms with Crippen LogP contribution in [0.15, 0.2) is 47.1 Å². The second-order valence-corrected chi connectivity index (χ2v) is 7.25. The third kappa shape index (κ3) is 3.42. The number of furan rings is 1. The van der Waals surface area contributed by atoms with Crippen molar-refractivity contribution in [3.63, 3.8) is 0 Å². The highest BCUT2D eigenvalue weighted by Gasteiger charge is 2.43. The average Bonchev–Trinajstić information content (AvgIpc) is 3.36. The summed E-state index contributed by atoms with van der Waals surface area (Å²) in [6.07, 6.45) is 5.94. The van der Waals surface area contributed by atoms with Crippen molar-refractivity contribution in [2.45, 2.75) is 38.3 Å². The Balaban J connectivity index is 0.00000225. The van der Waals surface area contributed by atoms with Crippen LogP contribution < -0.4 is 5.32 Å². The van der Waals surface area contributed by atoms with Crippen molar-refractivity contribution >= 4 is 29.3 Å². The number of nitrogens with one attached hydrogen (secondary N) is 1. The van der Waals surface area contributed by atoms with E-state index >= 15 is 0 Å². The van der Waals surface area contributed by atoms with E-state index in [9.17, 15) is 4.79 Å². The first-order valence-corrected chi connectivity index (χ1v) is 9.61. The van der Waals surface area contributed by atoms with Gasteiger partial charge in [0.05, 0.1) is 0 Å². The maximum Gasteiger partial charge on any atom is 0.250 e. The summed E-state index contributed by atoms with van der Waals surface area (Å²) in [6, 6.07) is 9.93. The monoisotopic (exact) mass is 402 g/mol. The molecule has 0 saturated carbocycles. The summed E-state index contributed by atoms with van der Waals surface area (Å²) < 4.78 is 7.85. The summed E-state index contributed by atoms with van der Waals surface area (Å²) in [7, 11) is 1.89. The summed E-state index contributed by atoms with van der Waals surface area (Å²) in [5, 5.41) is 8.87. The molecule has 1 aromatic carbocycles. The van der Waals surface area contributed by atoms with Crippen LogP contribution in [0, 0.1) is 0 Å². The zero-order valence-electron chi connectivity index (χ0n) is 16.4. The number of carbonyl (C=O) groups excluding carboxylic acids is 1. The lowest BCUT2D eigenvalue weighted by molar-refractivity contribution is -0.142. The number of para-hydroxylation sites is 1. The van der Waals surface area contributed by atoms with Crippen molar-refractivity contribution in [3.05, 3.63) is 54.0 Å². The summed E-state index contributed by atoms with van der Waals surface area (Å²) in [5.74, 6) is 1.06. The Morgan fingerprint density at radius 2 is 2.04 bits per heavy atom. The number of rotatable bonds is 5. The standard InChI is InChI=1S/C21H26N4O2.ClH/c1-3-18-17(16-7-4-5-8-19(16)27-18)15-24(2)20(26)21(9-12-22-13-10-21)25-14-6-11-23-25;/h4-8,11,14,22H,3,9-10,12-13,15H2,1-2H3;1H. The first-order chi connectivity index (χ1) is 13.2. The Kier molecular flexibility index (Phi) is 6.10. The van der Waals surface area contributed by atoms with E-state index in [0.717, 1.165) is 54.6 Å². The van der Waals surface area contributed by atoms with Gasteiger partial charge in [-0.2, -0.15) is 5.10 Å². The van der Waals surface area contributed by atoms with Crippen LogP contribution in [0.1, 0.15) is 31.1 Å². The van der Waals surface area contributed by atoms with E-state index in [0.29, 0.717) is 6.54 Å². The molecule has 1 amide bonds. The molecule has 1 saturated heterocycles. The Morgan fingerprint density at radius 3 is 2.71 bits per heavy atom. The molecular formula is C21H27ClN4O2. The maximum absolute atomic E-state index is 13.6. The van der Waals surface area contributed by atoms with E-state index in [2.05, 4.69) is 23.4 Å². The smallest absolute Gasteiger partial charge is 0.250 e. The van der Waals surface area contributed by atoms with Gasteiger partial charge in [0, 0.05) is 43.4 Å². The fraction of sp³-hybridized carbons (Fsp3) is 0.429. The molecule has 1 aliphatic rings. The second kappa shape index (κ2) is 8.37. The summed E-state index contributed by atoms with van der Waals surface area (Å²) in [4.78, 5) is 15.4. The molecule has 4 rings (SSSR count). The lowest BCUT2D eigenvalue weighted by Gasteiger charge is -2.39. The lowest BCUT2D eigenvalue weighted by atomic mass is 9.86. The van der Waals surface area contributed by atoms with Crippen LogP contribution in [-0.4, -0.2) is 40.7 Å². The first-order valence-electron chi connectivity index (χ1n) is 9.61. The minimum atomic E-state index is -0.616. The van der Waals surface area contributed by atoms with Crippen LogP contribution in [0.2, 0.25) is 0 Å². The van der Waals surface area contributed by atoms with E-state index in [-0.39, 0.29) is 18.3 Å². The molecule has 3 aromatic rings. The molecule has 7 heteroatoms. The highest BCUT2D eigenvalue weighted by atomic mass is 35.5. The van der Waals surface area contributed by atoms with Crippen molar-refractivity contribution in [2.75, 3.05) is 20.1 Å². The highest BCUT2D eigenvalue weighted by Crippen LogP contribution is 2.32. The van der Waals surface area contributed by atoms with Gasteiger partial charge in [-0.05, 0) is 38.1 Å². The Labute approximate surface area is 171 Å². The predicted molar refractivity (Wildman–Crippen MR) is 112 cm³/mol. The SMILES string of the molecule is CCc1oc2ccccc2c1CN(C)C(=O)C1(n2cccn2)CCNCC1.Cl. The van der Waals surface area contributed by atoms with Crippen molar-refractivity contribution in [1.82, 2.24) is 20.0 Å². The number of nitrogens with zero attached hydrogens (tertiary/aromatic N) is 3. The minimum absolute atomic E-state index is 0. The molecule has 150 valence electrons. The molecule has 0 bridgehead atoms. The molecule has 1 N–H and O–H groups in total. The molecular weight excluding hydrogens is 376 g/mol. The van der Waals surface area contributed by atoms with Crippen LogP contribution in [0.5, 0.6) is 0 Å². The fourth-order valence-corrected chi connectivity index (χ4v) is 4.18. The molecule has 1 fully saturated rings. The van der Waals surface area contributed by atoms with Gasteiger partial charge in [0.15, 0.2) is 0 Å². The van der Waals surface area contributed by atoms with Gasteiger partial charge in [0.2, 0.25) is 0 Å².